The summed E-state index contributed by atoms with van der Waals surface area (Å²) in [6.45, 7) is 0.739. The number of H-pyrrole nitrogens is 1. The minimum Gasteiger partial charge on any atom is -0.330 e. The summed E-state index contributed by atoms with van der Waals surface area (Å²) >= 11 is 0. The number of halogens is 1. The van der Waals surface area contributed by atoms with E-state index in [9.17, 15) is 9.18 Å². The number of aromatic nitrogens is 2. The predicted octanol–water partition coefficient (Wildman–Crippen LogP) is 2.62. The second-order valence-electron chi connectivity index (χ2n) is 5.74. The molecule has 1 aliphatic heterocycles. The molecule has 0 bridgehead atoms. The maximum Gasteiger partial charge on any atom is 0.275 e. The second-order valence-corrected chi connectivity index (χ2v) is 5.74. The van der Waals surface area contributed by atoms with E-state index in [4.69, 9.17) is 0 Å². The Labute approximate surface area is 122 Å². The van der Waals surface area contributed by atoms with Crippen molar-refractivity contribution in [2.75, 3.05) is 6.54 Å². The molecule has 1 saturated heterocycles. The van der Waals surface area contributed by atoms with Gasteiger partial charge in [0.25, 0.3) is 5.91 Å². The van der Waals surface area contributed by atoms with E-state index in [0.717, 1.165) is 49.0 Å². The number of fused-ring (bicyclic) bond motifs is 1. The summed E-state index contributed by atoms with van der Waals surface area (Å²) in [7, 11) is 0. The van der Waals surface area contributed by atoms with E-state index in [1.165, 1.54) is 12.1 Å². The Bertz CT molecular complexity index is 692. The molecule has 5 heteroatoms. The van der Waals surface area contributed by atoms with Gasteiger partial charge in [-0.25, -0.2) is 4.39 Å². The Morgan fingerprint density at radius 3 is 2.81 bits per heavy atom. The lowest BCUT2D eigenvalue weighted by molar-refractivity contribution is 0.0453. The van der Waals surface area contributed by atoms with Crippen LogP contribution in [0.3, 0.4) is 0 Å². The Hall–Kier alpha value is -2.17. The SMILES string of the molecule is O=C(c1n[nH]c2c1CCC2)N1CC[C@H]1c1ccc(F)cc1. The Morgan fingerprint density at radius 2 is 2.10 bits per heavy atom. The van der Waals surface area contributed by atoms with Gasteiger partial charge in [0.15, 0.2) is 5.69 Å². The van der Waals surface area contributed by atoms with Crippen molar-refractivity contribution in [3.05, 3.63) is 52.6 Å². The minimum atomic E-state index is -0.249. The predicted molar refractivity (Wildman–Crippen MR) is 75.4 cm³/mol. The first-order valence-corrected chi connectivity index (χ1v) is 7.36. The summed E-state index contributed by atoms with van der Waals surface area (Å²) < 4.78 is 13.0. The number of amides is 1. The van der Waals surface area contributed by atoms with Gasteiger partial charge in [-0.1, -0.05) is 12.1 Å². The van der Waals surface area contributed by atoms with E-state index in [1.54, 1.807) is 12.1 Å². The van der Waals surface area contributed by atoms with E-state index in [0.29, 0.717) is 5.69 Å². The number of hydrogen-bond donors (Lipinski definition) is 1. The number of hydrogen-bond acceptors (Lipinski definition) is 2. The van der Waals surface area contributed by atoms with E-state index in [2.05, 4.69) is 10.2 Å². The normalized spacial score (nSPS) is 20.2. The molecule has 1 aliphatic carbocycles. The molecule has 0 unspecified atom stereocenters. The molecule has 1 fully saturated rings. The number of benzene rings is 1. The summed E-state index contributed by atoms with van der Waals surface area (Å²) in [5.41, 5.74) is 3.76. The molecule has 21 heavy (non-hydrogen) atoms. The van der Waals surface area contributed by atoms with Crippen molar-refractivity contribution in [3.63, 3.8) is 0 Å². The molecular weight excluding hydrogens is 269 g/mol. The summed E-state index contributed by atoms with van der Waals surface area (Å²) in [5, 5.41) is 7.19. The van der Waals surface area contributed by atoms with Gasteiger partial charge in [0.1, 0.15) is 5.82 Å². The van der Waals surface area contributed by atoms with Crippen LogP contribution < -0.4 is 0 Å². The third kappa shape index (κ3) is 1.95. The maximum atomic E-state index is 13.0. The van der Waals surface area contributed by atoms with Crippen LogP contribution >= 0.6 is 0 Å². The van der Waals surface area contributed by atoms with Gasteiger partial charge < -0.3 is 4.90 Å². The maximum absolute atomic E-state index is 13.0. The van der Waals surface area contributed by atoms with Gasteiger partial charge in [0.2, 0.25) is 0 Å². The molecule has 0 saturated carbocycles. The molecule has 1 N–H and O–H groups in total. The summed E-state index contributed by atoms with van der Waals surface area (Å²) in [5.74, 6) is -0.254. The van der Waals surface area contributed by atoms with Crippen molar-refractivity contribution < 1.29 is 9.18 Å². The fourth-order valence-electron chi connectivity index (χ4n) is 3.29. The molecule has 2 aliphatic rings. The van der Waals surface area contributed by atoms with Crippen molar-refractivity contribution in [2.24, 2.45) is 0 Å². The standard InChI is InChI=1S/C16H16FN3O/c17-11-6-4-10(5-7-11)14-8-9-20(14)16(21)15-12-2-1-3-13(12)18-19-15/h4-7,14H,1-3,8-9H2,(H,18,19)/t14-/m0/s1. The monoisotopic (exact) mass is 285 g/mol. The van der Waals surface area contributed by atoms with E-state index in [-0.39, 0.29) is 17.8 Å². The number of carbonyl (C=O) groups is 1. The first kappa shape index (κ1) is 12.6. The van der Waals surface area contributed by atoms with E-state index >= 15 is 0 Å². The zero-order chi connectivity index (χ0) is 14.4. The van der Waals surface area contributed by atoms with Crippen LogP contribution in [0.2, 0.25) is 0 Å². The minimum absolute atomic E-state index is 0.00465. The number of aryl methyl sites for hydroxylation is 1. The Balaban J connectivity index is 1.58. The highest BCUT2D eigenvalue weighted by Crippen LogP contribution is 2.35. The molecule has 2 aromatic rings. The van der Waals surface area contributed by atoms with Crippen molar-refractivity contribution >= 4 is 5.91 Å². The smallest absolute Gasteiger partial charge is 0.275 e. The number of nitrogens with zero attached hydrogens (tertiary/aromatic N) is 2. The van der Waals surface area contributed by atoms with Crippen LogP contribution in [-0.2, 0) is 12.8 Å². The van der Waals surface area contributed by atoms with Crippen LogP contribution in [-0.4, -0.2) is 27.5 Å². The van der Waals surface area contributed by atoms with Crippen molar-refractivity contribution in [2.45, 2.75) is 31.7 Å². The third-order valence-electron chi connectivity index (χ3n) is 4.54. The van der Waals surface area contributed by atoms with E-state index in [1.807, 2.05) is 4.90 Å². The zero-order valence-electron chi connectivity index (χ0n) is 11.6. The zero-order valence-corrected chi connectivity index (χ0v) is 11.6. The van der Waals surface area contributed by atoms with Crippen LogP contribution in [0.25, 0.3) is 0 Å². The van der Waals surface area contributed by atoms with Crippen LogP contribution in [0.1, 0.15) is 46.2 Å². The van der Waals surface area contributed by atoms with Crippen LogP contribution in [0.5, 0.6) is 0 Å². The topological polar surface area (TPSA) is 49.0 Å². The molecule has 1 atom stereocenters. The quantitative estimate of drug-likeness (QED) is 0.922. The average Bonchev–Trinajstić information content (AvgIpc) is 3.02. The molecule has 0 spiro atoms. The molecular formula is C16H16FN3O. The van der Waals surface area contributed by atoms with Gasteiger partial charge in [0.05, 0.1) is 6.04 Å². The van der Waals surface area contributed by atoms with Crippen molar-refractivity contribution in [1.29, 1.82) is 0 Å². The second kappa shape index (κ2) is 4.69. The molecule has 0 radical (unpaired) electrons. The van der Waals surface area contributed by atoms with Gasteiger partial charge in [-0.2, -0.15) is 5.10 Å². The molecule has 2 heterocycles. The fourth-order valence-corrected chi connectivity index (χ4v) is 3.29. The summed E-state index contributed by atoms with van der Waals surface area (Å²) in [4.78, 5) is 14.5. The van der Waals surface area contributed by atoms with Gasteiger partial charge in [-0.15, -0.1) is 0 Å². The molecule has 4 nitrogen and oxygen atoms in total. The molecule has 1 aromatic carbocycles. The molecule has 1 amide bonds. The van der Waals surface area contributed by atoms with Crippen LogP contribution in [0.4, 0.5) is 4.39 Å². The van der Waals surface area contributed by atoms with Gasteiger partial charge in [0, 0.05) is 17.8 Å². The number of aromatic amines is 1. The lowest BCUT2D eigenvalue weighted by Crippen LogP contribution is -2.45. The van der Waals surface area contributed by atoms with Crippen molar-refractivity contribution in [3.8, 4) is 0 Å². The number of carbonyl (C=O) groups excluding carboxylic acids is 1. The lowest BCUT2D eigenvalue weighted by atomic mass is 9.94. The molecule has 1 aromatic heterocycles. The highest BCUT2D eigenvalue weighted by atomic mass is 19.1. The van der Waals surface area contributed by atoms with Crippen LogP contribution in [0, 0.1) is 5.82 Å². The first-order valence-electron chi connectivity index (χ1n) is 7.36. The first-order chi connectivity index (χ1) is 10.2. The highest BCUT2D eigenvalue weighted by Gasteiger charge is 2.36. The fraction of sp³-hybridized carbons (Fsp3) is 0.375. The largest absolute Gasteiger partial charge is 0.330 e. The number of likely N-dealkylation sites (tertiary alicyclic amines) is 1. The van der Waals surface area contributed by atoms with E-state index < -0.39 is 0 Å². The lowest BCUT2D eigenvalue weighted by Gasteiger charge is -2.41. The van der Waals surface area contributed by atoms with Gasteiger partial charge >= 0.3 is 0 Å². The summed E-state index contributed by atoms with van der Waals surface area (Å²) in [6, 6.07) is 6.46. The molecule has 108 valence electrons. The van der Waals surface area contributed by atoms with Gasteiger partial charge in [-0.05, 0) is 43.4 Å². The van der Waals surface area contributed by atoms with Gasteiger partial charge in [-0.3, -0.25) is 9.89 Å². The third-order valence-corrected chi connectivity index (χ3v) is 4.54. The van der Waals surface area contributed by atoms with Crippen molar-refractivity contribution in [1.82, 2.24) is 15.1 Å². The summed E-state index contributed by atoms with van der Waals surface area (Å²) in [6.07, 6.45) is 3.92. The number of nitrogens with one attached hydrogen (secondary N) is 1. The Morgan fingerprint density at radius 1 is 1.29 bits per heavy atom. The molecule has 4 rings (SSSR count). The Kier molecular flexibility index (Phi) is 2.80. The average molecular weight is 285 g/mol. The van der Waals surface area contributed by atoms with Crippen LogP contribution in [0.15, 0.2) is 24.3 Å². The number of rotatable bonds is 2. The highest BCUT2D eigenvalue weighted by molar-refractivity contribution is 5.95.